The summed E-state index contributed by atoms with van der Waals surface area (Å²) in [5, 5.41) is 4.26. The van der Waals surface area contributed by atoms with Crippen LogP contribution in [-0.4, -0.2) is 209 Å². The van der Waals surface area contributed by atoms with Gasteiger partial charge >= 0.3 is 70.4 Å². The standard InChI is InChI=1S/C92H132O22Si12/c1-13-89(73-97-74-89)69-93-61-41-65-115(5,6)101-119(81-45-25-17-26-46-81)105-123(85-53-33-21-34-54-85)107-120(82-47-27-18-28-48-82,102-116(7,8)66-42-62-94-70-90(14-2)75-98-76-90)108-124(106-119,86-55-35-22-36-56-86)114-126(88-59-39-24-40-60-88)110-121(83-49-29-19-30-50-83,103-117(9,10)67-43-63-95-71-91(15-3)77-99-78-91)109-125(113-123,87-57-37-23-38-58-87)111-122(112-126,84-51-31-20-32-52-84)104-118(11,12)68-44-64-96-72-92(16-4)79-100-80-92/h17-40,45-60H,13-16,41-44,61-80H2,1-12H3. The summed E-state index contributed by atoms with van der Waals surface area (Å²) in [6.07, 6.45) is 6.41. The second kappa shape index (κ2) is 40.7. The van der Waals surface area contributed by atoms with Crippen LogP contribution < -0.4 is 41.5 Å². The van der Waals surface area contributed by atoms with Crippen LogP contribution in [0.4, 0.5) is 0 Å². The molecule has 16 rings (SSSR count). The predicted octanol–water partition coefficient (Wildman–Crippen LogP) is 13.2. The highest BCUT2D eigenvalue weighted by Gasteiger charge is 2.81. The van der Waals surface area contributed by atoms with E-state index in [1.165, 1.54) is 0 Å². The quantitative estimate of drug-likeness (QED) is 0.0257. The van der Waals surface area contributed by atoms with Gasteiger partial charge in [0, 0.05) is 89.6 Å². The Hall–Kier alpha value is -4.52. The van der Waals surface area contributed by atoms with Gasteiger partial charge in [-0.1, -0.05) is 270 Å². The summed E-state index contributed by atoms with van der Waals surface area (Å²) in [6, 6.07) is 82.6. The Balaban J connectivity index is 1.05. The molecule has 0 N–H and O–H groups in total. The van der Waals surface area contributed by atoms with Gasteiger partial charge < -0.3 is 95.5 Å². The highest BCUT2D eigenvalue weighted by atomic mass is 28.6. The fraction of sp³-hybridized carbons (Fsp3) is 0.478. The third-order valence-electron chi connectivity index (χ3n) is 25.5. The molecule has 8 aliphatic rings. The summed E-state index contributed by atoms with van der Waals surface area (Å²) in [6.45, 7) is 36.3. The Kier molecular flexibility index (Phi) is 31.1. The Morgan fingerprint density at radius 2 is 0.389 bits per heavy atom. The van der Waals surface area contributed by atoms with E-state index in [2.05, 4.69) is 80.1 Å². The second-order valence-electron chi connectivity index (χ2n) is 37.9. The van der Waals surface area contributed by atoms with Crippen LogP contribution in [0, 0.1) is 21.7 Å². The third-order valence-corrected chi connectivity index (χ3v) is 74.7. The van der Waals surface area contributed by atoms with E-state index in [-0.39, 0.29) is 21.7 Å². The molecule has 0 aliphatic carbocycles. The molecule has 8 aliphatic heterocycles. The fourth-order valence-corrected chi connectivity index (χ4v) is 77.7. The van der Waals surface area contributed by atoms with Gasteiger partial charge in [-0.25, -0.2) is 0 Å². The number of rotatable bonds is 44. The molecular weight excluding hydrogens is 1790 g/mol. The highest BCUT2D eigenvalue weighted by molar-refractivity contribution is 7.11. The lowest BCUT2D eigenvalue weighted by atomic mass is 9.84. The Labute approximate surface area is 760 Å². The molecule has 22 nitrogen and oxygen atoms in total. The Morgan fingerprint density at radius 1 is 0.230 bits per heavy atom. The first-order chi connectivity index (χ1) is 60.6. The van der Waals surface area contributed by atoms with Gasteiger partial charge in [0.2, 0.25) is 0 Å². The molecule has 4 bridgehead atoms. The first-order valence-corrected chi connectivity index (χ1v) is 71.8. The zero-order valence-electron chi connectivity index (χ0n) is 75.9. The first-order valence-electron chi connectivity index (χ1n) is 45.5. The molecule has 0 radical (unpaired) electrons. The predicted molar refractivity (Wildman–Crippen MR) is 515 cm³/mol. The minimum absolute atomic E-state index is 0.0236. The van der Waals surface area contributed by atoms with Gasteiger partial charge in [0.1, 0.15) is 0 Å². The van der Waals surface area contributed by atoms with E-state index in [1.807, 2.05) is 243 Å². The van der Waals surface area contributed by atoms with Crippen LogP contribution in [0.3, 0.4) is 0 Å². The molecule has 34 heteroatoms. The van der Waals surface area contributed by atoms with Crippen molar-refractivity contribution in [1.29, 1.82) is 0 Å². The van der Waals surface area contributed by atoms with E-state index in [0.29, 0.717) is 197 Å². The molecule has 8 fully saturated rings. The molecule has 0 aromatic heterocycles. The van der Waals surface area contributed by atoms with Crippen LogP contribution in [0.1, 0.15) is 79.1 Å². The normalized spacial score (nSPS) is 27.6. The maximum atomic E-state index is 9.35. The Morgan fingerprint density at radius 3 is 0.532 bits per heavy atom. The lowest BCUT2D eigenvalue weighted by Gasteiger charge is -2.58. The molecule has 126 heavy (non-hydrogen) atoms. The topological polar surface area (TPSA) is 203 Å². The molecule has 0 amide bonds. The summed E-state index contributed by atoms with van der Waals surface area (Å²) in [4.78, 5) is 0. The van der Waals surface area contributed by atoms with Gasteiger partial charge in [-0.2, -0.15) is 0 Å². The van der Waals surface area contributed by atoms with Crippen molar-refractivity contribution >= 4 is 145 Å². The van der Waals surface area contributed by atoms with E-state index < -0.39 is 104 Å². The summed E-state index contributed by atoms with van der Waals surface area (Å²) in [5.41, 5.74) is -0.0945. The first kappa shape index (κ1) is 96.1. The smallest absolute Gasteiger partial charge is 0.413 e. The number of hydrogen-bond acceptors (Lipinski definition) is 22. The molecule has 0 spiro atoms. The molecule has 8 aromatic carbocycles. The summed E-state index contributed by atoms with van der Waals surface area (Å²) in [5.74, 6) is 0. The minimum atomic E-state index is -5.58. The number of ether oxygens (including phenoxy) is 8. The van der Waals surface area contributed by atoms with Crippen molar-refractivity contribution in [2.45, 2.75) is 156 Å². The van der Waals surface area contributed by atoms with Crippen molar-refractivity contribution in [3.8, 4) is 0 Å². The van der Waals surface area contributed by atoms with Crippen LogP contribution in [0.25, 0.3) is 0 Å². The van der Waals surface area contributed by atoms with E-state index in [9.17, 15) is 41.2 Å². The number of fused-ring (bicyclic) bond motifs is 4. The zero-order chi connectivity index (χ0) is 88.3. The van der Waals surface area contributed by atoms with Crippen LogP contribution >= 0.6 is 0 Å². The van der Waals surface area contributed by atoms with Gasteiger partial charge in [0.05, 0.1) is 79.3 Å². The molecule has 680 valence electrons. The molecular formula is C92H132O22Si12. The maximum absolute atomic E-state index is 9.35. The van der Waals surface area contributed by atoms with Gasteiger partial charge in [-0.15, -0.1) is 0 Å². The molecule has 8 saturated heterocycles. The van der Waals surface area contributed by atoms with Gasteiger partial charge in [0.15, 0.2) is 33.3 Å². The van der Waals surface area contributed by atoms with Crippen LogP contribution in [0.15, 0.2) is 243 Å². The monoisotopic (exact) mass is 1920 g/mol. The third kappa shape index (κ3) is 22.1. The van der Waals surface area contributed by atoms with Gasteiger partial charge in [-0.3, -0.25) is 0 Å². The fourth-order valence-electron chi connectivity index (χ4n) is 17.2. The lowest BCUT2D eigenvalue weighted by Crippen LogP contribution is -2.91. The second-order valence-corrected chi connectivity index (χ2v) is 78.9. The molecule has 8 heterocycles. The summed E-state index contributed by atoms with van der Waals surface area (Å²) >= 11 is 0. The van der Waals surface area contributed by atoms with E-state index in [4.69, 9.17) is 54.4 Å². The van der Waals surface area contributed by atoms with Gasteiger partial charge in [0.25, 0.3) is 0 Å². The summed E-state index contributed by atoms with van der Waals surface area (Å²) < 4.78 is 176. The average molecular weight is 1930 g/mol. The summed E-state index contributed by atoms with van der Waals surface area (Å²) in [7, 11) is -56.2. The number of benzene rings is 8. The average Bonchev–Trinajstić information content (AvgIpc) is 0.683. The molecule has 8 aromatic rings. The van der Waals surface area contributed by atoms with E-state index in [0.717, 1.165) is 25.7 Å². The minimum Gasteiger partial charge on any atom is -0.413 e. The van der Waals surface area contributed by atoms with Gasteiger partial charge in [-0.05, 0) is 128 Å². The van der Waals surface area contributed by atoms with Crippen molar-refractivity contribution in [2.24, 2.45) is 21.7 Å². The Bertz CT molecular complexity index is 4080. The molecule has 0 atom stereocenters. The largest absolute Gasteiger partial charge is 0.515 e. The van der Waals surface area contributed by atoms with Crippen molar-refractivity contribution in [1.82, 2.24) is 0 Å². The molecule has 0 saturated carbocycles. The van der Waals surface area contributed by atoms with Crippen LogP contribution in [0.2, 0.25) is 76.6 Å². The maximum Gasteiger partial charge on any atom is 0.515 e. The van der Waals surface area contributed by atoms with E-state index >= 15 is 0 Å². The van der Waals surface area contributed by atoms with Crippen LogP contribution in [0.5, 0.6) is 0 Å². The van der Waals surface area contributed by atoms with Crippen molar-refractivity contribution in [3.05, 3.63) is 243 Å². The van der Waals surface area contributed by atoms with Crippen molar-refractivity contribution < 1.29 is 95.5 Å². The van der Waals surface area contributed by atoms with E-state index in [1.54, 1.807) is 0 Å². The number of hydrogen-bond donors (Lipinski definition) is 0. The van der Waals surface area contributed by atoms with Crippen LogP contribution in [-0.2, 0) is 95.5 Å². The van der Waals surface area contributed by atoms with Crippen molar-refractivity contribution in [2.75, 3.05) is 106 Å². The SMILES string of the molecule is CCC1(COCCC[Si](C)(C)O[Si]2(c3ccccc3)O[Si]3(c4ccccc4)O[Si](O[Si](C)(C)CCCOCC4(CC)COC4)(c4ccccc4)O[Si](c4ccccc4)(O2)O[Si]2(c4ccccc4)O[Si](O[Si](C)(C)CCCOCC4(CC)COC4)(c4ccccc4)O[Si](c4ccccc4)(O[Si](O[Si](C)(C)CCCOCC4(CC)COC4)(c4ccccc4)O2)O3)COC1. The molecule has 0 unspecified atom stereocenters. The zero-order valence-corrected chi connectivity index (χ0v) is 87.9. The lowest BCUT2D eigenvalue weighted by molar-refractivity contribution is -0.150. The highest BCUT2D eigenvalue weighted by Crippen LogP contribution is 2.47. The van der Waals surface area contributed by atoms with Crippen molar-refractivity contribution in [3.63, 3.8) is 0 Å².